The van der Waals surface area contributed by atoms with Gasteiger partial charge in [-0.2, -0.15) is 0 Å². The number of rotatable bonds is 21. The molecule has 12 heteroatoms. The average molecular weight is 662 g/mol. The summed E-state index contributed by atoms with van der Waals surface area (Å²) in [7, 11) is 0. The maximum atomic E-state index is 13.8. The predicted octanol–water partition coefficient (Wildman–Crippen LogP) is 3.23. The van der Waals surface area contributed by atoms with Crippen LogP contribution in [0.1, 0.15) is 51.3 Å². The Balaban J connectivity index is 1.45. The lowest BCUT2D eigenvalue weighted by Crippen LogP contribution is -2.47. The molecule has 0 radical (unpaired) electrons. The minimum absolute atomic E-state index is 0.0116. The Bertz CT molecular complexity index is 1230. The van der Waals surface area contributed by atoms with E-state index in [0.29, 0.717) is 52.6 Å². The standard InChI is InChI=1S/C34H51N3O8S/c1-24-32(46-23-36-24)26-8-5-25(6-9-26)7-10-31(40)30-20-27(38)21-37(30)33(41)29(34(2,3)4)19-28(39)22-45-18-17-44-16-15-43-14-13-42-12-11-35/h5-6,8-9,23,27,29-30,38H,7,10-22,35H2,1-4H3. The van der Waals surface area contributed by atoms with E-state index < -0.39 is 23.5 Å². The van der Waals surface area contributed by atoms with E-state index in [9.17, 15) is 19.5 Å². The number of carbonyl (C=O) groups is 3. The number of benzene rings is 1. The number of nitrogens with zero attached hydrogens (tertiary/aromatic N) is 2. The van der Waals surface area contributed by atoms with Crippen LogP contribution in [-0.2, 0) is 39.8 Å². The van der Waals surface area contributed by atoms with Crippen molar-refractivity contribution < 1.29 is 38.4 Å². The molecule has 3 atom stereocenters. The van der Waals surface area contributed by atoms with Gasteiger partial charge < -0.3 is 34.7 Å². The second kappa shape index (κ2) is 19.3. The summed E-state index contributed by atoms with van der Waals surface area (Å²) < 4.78 is 21.6. The molecule has 1 fully saturated rings. The maximum absolute atomic E-state index is 13.8. The van der Waals surface area contributed by atoms with Crippen molar-refractivity contribution in [2.24, 2.45) is 17.1 Å². The van der Waals surface area contributed by atoms with Crippen molar-refractivity contribution in [1.29, 1.82) is 0 Å². The number of nitrogens with two attached hydrogens (primary N) is 1. The van der Waals surface area contributed by atoms with E-state index in [2.05, 4.69) is 4.98 Å². The summed E-state index contributed by atoms with van der Waals surface area (Å²) in [5.74, 6) is -1.22. The molecule has 2 aromatic rings. The van der Waals surface area contributed by atoms with Gasteiger partial charge in [0.05, 0.1) is 74.5 Å². The molecule has 1 saturated heterocycles. The largest absolute Gasteiger partial charge is 0.391 e. The SMILES string of the molecule is Cc1ncsc1-c1ccc(CCC(=O)C2CC(O)CN2C(=O)C(CC(=O)COCCOCCOCCOCCN)C(C)(C)C)cc1. The monoisotopic (exact) mass is 661 g/mol. The zero-order chi connectivity index (χ0) is 33.5. The lowest BCUT2D eigenvalue weighted by molar-refractivity contribution is -0.146. The van der Waals surface area contributed by atoms with Gasteiger partial charge in [-0.3, -0.25) is 14.4 Å². The van der Waals surface area contributed by atoms with Crippen LogP contribution >= 0.6 is 11.3 Å². The van der Waals surface area contributed by atoms with Crippen LogP contribution in [-0.4, -0.2) is 111 Å². The van der Waals surface area contributed by atoms with Crippen molar-refractivity contribution in [2.45, 2.75) is 65.5 Å². The van der Waals surface area contributed by atoms with E-state index in [1.165, 1.54) is 4.90 Å². The highest BCUT2D eigenvalue weighted by Gasteiger charge is 2.44. The van der Waals surface area contributed by atoms with Gasteiger partial charge in [0.25, 0.3) is 0 Å². The molecule has 0 saturated carbocycles. The molecule has 2 heterocycles. The Morgan fingerprint density at radius 2 is 1.61 bits per heavy atom. The third-order valence-corrected chi connectivity index (χ3v) is 8.95. The molecule has 256 valence electrons. The number of hydrogen-bond donors (Lipinski definition) is 2. The molecule has 46 heavy (non-hydrogen) atoms. The number of likely N-dealkylation sites (tertiary alicyclic amines) is 1. The van der Waals surface area contributed by atoms with Crippen molar-refractivity contribution in [3.8, 4) is 10.4 Å². The topological polar surface area (TPSA) is 151 Å². The number of ketones is 2. The van der Waals surface area contributed by atoms with E-state index in [4.69, 9.17) is 24.7 Å². The first-order valence-electron chi connectivity index (χ1n) is 16.0. The molecule has 1 aromatic carbocycles. The van der Waals surface area contributed by atoms with E-state index in [-0.39, 0.29) is 56.5 Å². The van der Waals surface area contributed by atoms with Crippen molar-refractivity contribution >= 4 is 28.8 Å². The smallest absolute Gasteiger partial charge is 0.227 e. The molecular weight excluding hydrogens is 610 g/mol. The maximum Gasteiger partial charge on any atom is 0.227 e. The van der Waals surface area contributed by atoms with Gasteiger partial charge >= 0.3 is 0 Å². The van der Waals surface area contributed by atoms with Gasteiger partial charge in [-0.25, -0.2) is 4.98 Å². The van der Waals surface area contributed by atoms with Crippen LogP contribution in [0.4, 0.5) is 0 Å². The first kappa shape index (κ1) is 37.9. The molecule has 3 rings (SSSR count). The molecule has 1 amide bonds. The molecule has 1 aliphatic heterocycles. The fraction of sp³-hybridized carbons (Fsp3) is 0.647. The van der Waals surface area contributed by atoms with Gasteiger partial charge in [0.2, 0.25) is 5.91 Å². The molecule has 3 unspecified atom stereocenters. The summed E-state index contributed by atoms with van der Waals surface area (Å²) in [5, 5.41) is 10.5. The summed E-state index contributed by atoms with van der Waals surface area (Å²) in [5.41, 5.74) is 9.75. The Morgan fingerprint density at radius 3 is 2.17 bits per heavy atom. The lowest BCUT2D eigenvalue weighted by Gasteiger charge is -2.34. The molecule has 0 bridgehead atoms. The molecular formula is C34H51N3O8S. The minimum atomic E-state index is -0.783. The fourth-order valence-electron chi connectivity index (χ4n) is 5.38. The van der Waals surface area contributed by atoms with Crippen molar-refractivity contribution in [1.82, 2.24) is 9.88 Å². The van der Waals surface area contributed by atoms with E-state index in [0.717, 1.165) is 21.7 Å². The van der Waals surface area contributed by atoms with E-state index in [1.807, 2.05) is 57.5 Å². The Kier molecular flexibility index (Phi) is 15.9. The number of β-amino-alcohol motifs (C(OH)–C–C–N with tert-alkyl or cyclic N) is 1. The molecule has 3 N–H and O–H groups in total. The van der Waals surface area contributed by atoms with E-state index in [1.54, 1.807) is 11.3 Å². The Morgan fingerprint density at radius 1 is 1.00 bits per heavy atom. The Labute approximate surface area is 276 Å². The summed E-state index contributed by atoms with van der Waals surface area (Å²) >= 11 is 1.60. The van der Waals surface area contributed by atoms with Crippen LogP contribution in [0.15, 0.2) is 29.8 Å². The van der Waals surface area contributed by atoms with Crippen LogP contribution in [0.25, 0.3) is 10.4 Å². The number of aryl methyl sites for hydroxylation is 2. The van der Waals surface area contributed by atoms with E-state index >= 15 is 0 Å². The third kappa shape index (κ3) is 12.2. The van der Waals surface area contributed by atoms with Crippen LogP contribution in [0.2, 0.25) is 0 Å². The molecule has 1 aromatic heterocycles. The lowest BCUT2D eigenvalue weighted by atomic mass is 9.76. The number of amides is 1. The molecule has 11 nitrogen and oxygen atoms in total. The zero-order valence-corrected chi connectivity index (χ0v) is 28.5. The third-order valence-electron chi connectivity index (χ3n) is 7.97. The number of aliphatic hydroxyl groups excluding tert-OH is 1. The fourth-order valence-corrected chi connectivity index (χ4v) is 6.19. The van der Waals surface area contributed by atoms with Crippen molar-refractivity contribution in [3.63, 3.8) is 0 Å². The number of aliphatic hydroxyl groups is 1. The molecule has 0 spiro atoms. The van der Waals surface area contributed by atoms with Crippen molar-refractivity contribution in [3.05, 3.63) is 41.0 Å². The minimum Gasteiger partial charge on any atom is -0.391 e. The highest BCUT2D eigenvalue weighted by Crippen LogP contribution is 2.34. The summed E-state index contributed by atoms with van der Waals surface area (Å²) in [6.45, 7) is 11.0. The van der Waals surface area contributed by atoms with Gasteiger partial charge in [0.15, 0.2) is 11.6 Å². The van der Waals surface area contributed by atoms with Gasteiger partial charge in [-0.1, -0.05) is 45.0 Å². The predicted molar refractivity (Wildman–Crippen MR) is 177 cm³/mol. The quantitative estimate of drug-likeness (QED) is 0.191. The zero-order valence-electron chi connectivity index (χ0n) is 27.7. The van der Waals surface area contributed by atoms with Crippen molar-refractivity contribution in [2.75, 3.05) is 65.9 Å². The van der Waals surface area contributed by atoms with Crippen LogP contribution in [0, 0.1) is 18.3 Å². The number of thiazole rings is 1. The van der Waals surface area contributed by atoms with Gasteiger partial charge in [0.1, 0.15) is 6.61 Å². The normalized spacial score (nSPS) is 17.4. The highest BCUT2D eigenvalue weighted by molar-refractivity contribution is 7.13. The average Bonchev–Trinajstić information content (AvgIpc) is 3.63. The van der Waals surface area contributed by atoms with Gasteiger partial charge in [0, 0.05) is 38.3 Å². The number of aromatic nitrogens is 1. The first-order valence-corrected chi connectivity index (χ1v) is 16.9. The van der Waals surface area contributed by atoms with Gasteiger partial charge in [-0.15, -0.1) is 11.3 Å². The summed E-state index contributed by atoms with van der Waals surface area (Å²) in [6.07, 6.45) is 0.200. The Hall–Kier alpha value is -2.58. The number of Topliss-reactive ketones (excluding diaryl/α,β-unsaturated/α-hetero) is 2. The van der Waals surface area contributed by atoms with Crippen LogP contribution < -0.4 is 5.73 Å². The van der Waals surface area contributed by atoms with Crippen LogP contribution in [0.5, 0.6) is 0 Å². The summed E-state index contributed by atoms with van der Waals surface area (Å²) in [6, 6.07) is 7.40. The van der Waals surface area contributed by atoms with Gasteiger partial charge in [-0.05, 0) is 29.9 Å². The molecule has 1 aliphatic rings. The highest BCUT2D eigenvalue weighted by atomic mass is 32.1. The second-order valence-corrected chi connectivity index (χ2v) is 13.5. The second-order valence-electron chi connectivity index (χ2n) is 12.7. The van der Waals surface area contributed by atoms with Crippen LogP contribution in [0.3, 0.4) is 0 Å². The number of hydrogen-bond acceptors (Lipinski definition) is 11. The first-order chi connectivity index (χ1) is 22.0. The summed E-state index contributed by atoms with van der Waals surface area (Å²) in [4.78, 5) is 47.0. The molecule has 0 aliphatic carbocycles. The number of carbonyl (C=O) groups excluding carboxylic acids is 3. The number of ether oxygens (including phenoxy) is 4.